The fourth-order valence-electron chi connectivity index (χ4n) is 4.39. The molecule has 0 bridgehead atoms. The Morgan fingerprint density at radius 2 is 1.81 bits per heavy atom. The van der Waals surface area contributed by atoms with Gasteiger partial charge >= 0.3 is 0 Å². The topological polar surface area (TPSA) is 57.2 Å². The molecule has 3 atom stereocenters. The lowest BCUT2D eigenvalue weighted by atomic mass is 10.1. The summed E-state index contributed by atoms with van der Waals surface area (Å²) in [5, 5.41) is 3.41. The Balaban J connectivity index is 1.28. The number of nitrogens with one attached hydrogen (secondary N) is 1. The minimum atomic E-state index is -0.895. The quantitative estimate of drug-likeness (QED) is 0.528. The fourth-order valence-corrected chi connectivity index (χ4v) is 5.43. The largest absolute Gasteiger partial charge is 0.373 e. The molecule has 2 aliphatic rings. The van der Waals surface area contributed by atoms with Gasteiger partial charge in [0.25, 0.3) is 0 Å². The zero-order valence-electron chi connectivity index (χ0n) is 18.2. The number of benzene rings is 2. The average Bonchev–Trinajstić information content (AvgIpc) is 3.23. The van der Waals surface area contributed by atoms with Gasteiger partial charge in [-0.15, -0.1) is 0 Å². The molecule has 3 unspecified atom stereocenters. The van der Waals surface area contributed by atoms with Crippen LogP contribution in [0, 0.1) is 0 Å². The van der Waals surface area contributed by atoms with Gasteiger partial charge in [-0.3, -0.25) is 14.1 Å². The number of ether oxygens (including phenoxy) is 1. The number of rotatable bonds is 7. The standard InChI is InChI=1S/C24H32N4O2S/c1-25-24(26-12-15-31(29)19-21-10-6-3-7-11-21)28-17-22-23(18-28)30-14-13-27(22)16-20-8-4-2-5-9-20/h2-11,22-23H,12-19H2,1H3,(H,25,26). The lowest BCUT2D eigenvalue weighted by Gasteiger charge is -2.36. The molecule has 0 saturated carbocycles. The predicted octanol–water partition coefficient (Wildman–Crippen LogP) is 2.10. The number of likely N-dealkylation sites (tertiary alicyclic amines) is 1. The summed E-state index contributed by atoms with van der Waals surface area (Å²) in [5.74, 6) is 2.07. The van der Waals surface area contributed by atoms with E-state index in [1.807, 2.05) is 37.4 Å². The van der Waals surface area contributed by atoms with Crippen molar-refractivity contribution in [1.29, 1.82) is 0 Å². The average molecular weight is 441 g/mol. The van der Waals surface area contributed by atoms with Crippen molar-refractivity contribution in [3.63, 3.8) is 0 Å². The van der Waals surface area contributed by atoms with Crippen molar-refractivity contribution in [2.75, 3.05) is 45.6 Å². The Morgan fingerprint density at radius 3 is 2.52 bits per heavy atom. The first-order chi connectivity index (χ1) is 15.2. The van der Waals surface area contributed by atoms with Gasteiger partial charge in [-0.2, -0.15) is 0 Å². The van der Waals surface area contributed by atoms with Gasteiger partial charge in [0.05, 0.1) is 18.8 Å². The number of hydrogen-bond donors (Lipinski definition) is 1. The van der Waals surface area contributed by atoms with Crippen LogP contribution in [0.5, 0.6) is 0 Å². The number of guanidine groups is 1. The summed E-state index contributed by atoms with van der Waals surface area (Å²) >= 11 is 0. The highest BCUT2D eigenvalue weighted by Crippen LogP contribution is 2.24. The molecule has 6 nitrogen and oxygen atoms in total. The van der Waals surface area contributed by atoms with Crippen LogP contribution in [0.2, 0.25) is 0 Å². The van der Waals surface area contributed by atoms with Crippen molar-refractivity contribution in [2.24, 2.45) is 4.99 Å². The Hall–Kier alpha value is -2.22. The van der Waals surface area contributed by atoms with Crippen LogP contribution in [0.3, 0.4) is 0 Å². The van der Waals surface area contributed by atoms with Crippen molar-refractivity contribution < 1.29 is 8.95 Å². The van der Waals surface area contributed by atoms with E-state index < -0.39 is 10.8 Å². The molecule has 2 aromatic carbocycles. The van der Waals surface area contributed by atoms with Crippen LogP contribution in [0.15, 0.2) is 65.7 Å². The molecule has 0 amide bonds. The van der Waals surface area contributed by atoms with Crippen LogP contribution in [0.4, 0.5) is 0 Å². The van der Waals surface area contributed by atoms with E-state index in [4.69, 9.17) is 4.74 Å². The minimum Gasteiger partial charge on any atom is -0.373 e. The smallest absolute Gasteiger partial charge is 0.193 e. The normalized spacial score (nSPS) is 22.9. The zero-order valence-corrected chi connectivity index (χ0v) is 19.0. The molecule has 7 heteroatoms. The molecule has 166 valence electrons. The number of morpholine rings is 1. The van der Waals surface area contributed by atoms with Crippen LogP contribution >= 0.6 is 0 Å². The Morgan fingerprint density at radius 1 is 1.10 bits per heavy atom. The van der Waals surface area contributed by atoms with Crippen molar-refractivity contribution >= 4 is 16.8 Å². The molecule has 0 aliphatic carbocycles. The zero-order chi connectivity index (χ0) is 21.5. The van der Waals surface area contributed by atoms with E-state index in [2.05, 4.69) is 50.4 Å². The first-order valence-electron chi connectivity index (χ1n) is 11.0. The third-order valence-electron chi connectivity index (χ3n) is 5.94. The van der Waals surface area contributed by atoms with E-state index in [0.717, 1.165) is 44.3 Å². The second-order valence-electron chi connectivity index (χ2n) is 8.09. The summed E-state index contributed by atoms with van der Waals surface area (Å²) in [6, 6.07) is 21.0. The summed E-state index contributed by atoms with van der Waals surface area (Å²) in [6.07, 6.45) is 0.197. The van der Waals surface area contributed by atoms with E-state index in [-0.39, 0.29) is 6.10 Å². The Bertz CT molecular complexity index is 878. The van der Waals surface area contributed by atoms with E-state index in [9.17, 15) is 4.21 Å². The third-order valence-corrected chi connectivity index (χ3v) is 7.25. The van der Waals surface area contributed by atoms with Crippen LogP contribution in [-0.4, -0.2) is 77.7 Å². The highest BCUT2D eigenvalue weighted by atomic mass is 32.2. The molecule has 2 saturated heterocycles. The molecule has 4 rings (SSSR count). The third kappa shape index (κ3) is 5.93. The molecule has 1 N–H and O–H groups in total. The summed E-state index contributed by atoms with van der Waals surface area (Å²) < 4.78 is 18.5. The number of hydrogen-bond acceptors (Lipinski definition) is 4. The van der Waals surface area contributed by atoms with Gasteiger partial charge in [0.2, 0.25) is 0 Å². The molecule has 2 heterocycles. The van der Waals surface area contributed by atoms with Gasteiger partial charge in [-0.1, -0.05) is 60.7 Å². The van der Waals surface area contributed by atoms with Crippen molar-refractivity contribution in [3.8, 4) is 0 Å². The van der Waals surface area contributed by atoms with Crippen LogP contribution in [0.1, 0.15) is 11.1 Å². The maximum atomic E-state index is 12.4. The van der Waals surface area contributed by atoms with Crippen molar-refractivity contribution in [1.82, 2.24) is 15.1 Å². The van der Waals surface area contributed by atoms with Gasteiger partial charge in [0.1, 0.15) is 0 Å². The molecule has 2 fully saturated rings. The fraction of sp³-hybridized carbons (Fsp3) is 0.458. The summed E-state index contributed by atoms with van der Waals surface area (Å²) in [7, 11) is 0.918. The monoisotopic (exact) mass is 440 g/mol. The summed E-state index contributed by atoms with van der Waals surface area (Å²) in [4.78, 5) is 9.29. The number of aliphatic imine (C=N–C) groups is 1. The second-order valence-corrected chi connectivity index (χ2v) is 9.66. The number of fused-ring (bicyclic) bond motifs is 1. The van der Waals surface area contributed by atoms with Crippen molar-refractivity contribution in [2.45, 2.75) is 24.4 Å². The highest BCUT2D eigenvalue weighted by Gasteiger charge is 2.41. The molecular formula is C24H32N4O2S. The molecule has 2 aromatic rings. The van der Waals surface area contributed by atoms with Gasteiger partial charge in [0.15, 0.2) is 5.96 Å². The van der Waals surface area contributed by atoms with Gasteiger partial charge in [-0.05, 0) is 11.1 Å². The van der Waals surface area contributed by atoms with Gasteiger partial charge in [0, 0.05) is 62.1 Å². The summed E-state index contributed by atoms with van der Waals surface area (Å²) in [6.45, 7) is 5.05. The number of nitrogens with zero attached hydrogens (tertiary/aromatic N) is 3. The van der Waals surface area contributed by atoms with Gasteiger partial charge in [-0.25, -0.2) is 0 Å². The van der Waals surface area contributed by atoms with E-state index in [1.165, 1.54) is 5.56 Å². The minimum absolute atomic E-state index is 0.197. The lowest BCUT2D eigenvalue weighted by molar-refractivity contribution is -0.0502. The van der Waals surface area contributed by atoms with E-state index in [0.29, 0.717) is 24.1 Å². The molecule has 31 heavy (non-hydrogen) atoms. The van der Waals surface area contributed by atoms with E-state index in [1.54, 1.807) is 0 Å². The van der Waals surface area contributed by atoms with Crippen molar-refractivity contribution in [3.05, 3.63) is 71.8 Å². The first kappa shape index (κ1) is 22.0. The predicted molar refractivity (Wildman–Crippen MR) is 126 cm³/mol. The van der Waals surface area contributed by atoms with Crippen LogP contribution in [-0.2, 0) is 27.8 Å². The Labute approximate surface area is 187 Å². The Kier molecular flexibility index (Phi) is 7.72. The van der Waals surface area contributed by atoms with Crippen LogP contribution in [0.25, 0.3) is 0 Å². The maximum absolute atomic E-state index is 12.4. The lowest BCUT2D eigenvalue weighted by Crippen LogP contribution is -2.50. The molecule has 0 aromatic heterocycles. The maximum Gasteiger partial charge on any atom is 0.193 e. The van der Waals surface area contributed by atoms with E-state index >= 15 is 0 Å². The molecule has 2 aliphatic heterocycles. The molecule has 0 radical (unpaired) electrons. The van der Waals surface area contributed by atoms with Crippen LogP contribution < -0.4 is 5.32 Å². The highest BCUT2D eigenvalue weighted by molar-refractivity contribution is 7.84. The molecular weight excluding hydrogens is 408 g/mol. The SMILES string of the molecule is CN=C(NCCS(=O)Cc1ccccc1)N1CC2OCCN(Cc3ccccc3)C2C1. The summed E-state index contributed by atoms with van der Waals surface area (Å²) in [5.41, 5.74) is 2.45. The second kappa shape index (κ2) is 10.9. The molecule has 0 spiro atoms. The first-order valence-corrected chi connectivity index (χ1v) is 12.5. The van der Waals surface area contributed by atoms with Gasteiger partial charge < -0.3 is 15.0 Å².